The van der Waals surface area contributed by atoms with Crippen LogP contribution in [0.2, 0.25) is 0 Å². The number of nitrogens with one attached hydrogen (secondary N) is 1. The van der Waals surface area contributed by atoms with E-state index in [0.717, 1.165) is 17.4 Å². The van der Waals surface area contributed by atoms with Gasteiger partial charge in [-0.15, -0.1) is 0 Å². The third kappa shape index (κ3) is 9.93. The van der Waals surface area contributed by atoms with Crippen molar-refractivity contribution in [2.24, 2.45) is 5.92 Å². The summed E-state index contributed by atoms with van der Waals surface area (Å²) in [5, 5.41) is 3.02. The molecule has 0 heterocycles. The Bertz CT molecular complexity index is 1360. The molecule has 220 valence electrons. The summed E-state index contributed by atoms with van der Waals surface area (Å²) in [4.78, 5) is 29.1. The Morgan fingerprint density at radius 3 is 2.15 bits per heavy atom. The van der Waals surface area contributed by atoms with Crippen LogP contribution in [-0.2, 0) is 32.6 Å². The minimum absolute atomic E-state index is 0.0750. The number of nitrogens with zero attached hydrogens (tertiary/aromatic N) is 2. The Morgan fingerprint density at radius 2 is 1.54 bits per heavy atom. The molecule has 1 N–H and O–H groups in total. The molecule has 0 saturated carbocycles. The van der Waals surface area contributed by atoms with Crippen molar-refractivity contribution in [3.63, 3.8) is 0 Å². The van der Waals surface area contributed by atoms with Crippen LogP contribution in [0.4, 0.5) is 5.69 Å². The second kappa shape index (κ2) is 15.2. The Balaban J connectivity index is 1.89. The minimum Gasteiger partial charge on any atom is -0.497 e. The van der Waals surface area contributed by atoms with Gasteiger partial charge in [-0.2, -0.15) is 0 Å². The molecule has 0 spiro atoms. The SMILES string of the molecule is COc1cccc(CN(C(=O)CCCN(c2ccccc2)S(C)(=O)=O)C(Cc2ccccc2)C(=O)NCC(C)C)c1. The number of hydrogen-bond donors (Lipinski definition) is 1. The summed E-state index contributed by atoms with van der Waals surface area (Å²) in [6.45, 7) is 4.88. The van der Waals surface area contributed by atoms with Crippen LogP contribution >= 0.6 is 0 Å². The maximum absolute atomic E-state index is 13.9. The molecule has 41 heavy (non-hydrogen) atoms. The second-order valence-electron chi connectivity index (χ2n) is 10.5. The van der Waals surface area contributed by atoms with Gasteiger partial charge in [-0.25, -0.2) is 8.42 Å². The monoisotopic (exact) mass is 579 g/mol. The number of carbonyl (C=O) groups excluding carboxylic acids is 2. The summed E-state index contributed by atoms with van der Waals surface area (Å²) in [5.74, 6) is 0.458. The molecule has 1 atom stereocenters. The van der Waals surface area contributed by atoms with Gasteiger partial charge < -0.3 is 15.0 Å². The van der Waals surface area contributed by atoms with E-state index >= 15 is 0 Å². The lowest BCUT2D eigenvalue weighted by Crippen LogP contribution is -2.51. The van der Waals surface area contributed by atoms with Crippen molar-refractivity contribution in [1.82, 2.24) is 10.2 Å². The van der Waals surface area contributed by atoms with E-state index in [0.29, 0.717) is 30.8 Å². The third-order valence-electron chi connectivity index (χ3n) is 6.64. The van der Waals surface area contributed by atoms with E-state index in [-0.39, 0.29) is 37.2 Å². The fourth-order valence-electron chi connectivity index (χ4n) is 4.54. The van der Waals surface area contributed by atoms with Gasteiger partial charge in [-0.05, 0) is 47.7 Å². The molecule has 3 rings (SSSR count). The summed E-state index contributed by atoms with van der Waals surface area (Å²) < 4.78 is 31.8. The van der Waals surface area contributed by atoms with E-state index < -0.39 is 16.1 Å². The van der Waals surface area contributed by atoms with Crippen molar-refractivity contribution >= 4 is 27.5 Å². The minimum atomic E-state index is -3.55. The number of ether oxygens (including phenoxy) is 1. The highest BCUT2D eigenvalue weighted by molar-refractivity contribution is 7.92. The van der Waals surface area contributed by atoms with Crippen LogP contribution in [0.25, 0.3) is 0 Å². The van der Waals surface area contributed by atoms with Crippen molar-refractivity contribution in [2.45, 2.75) is 45.7 Å². The van der Waals surface area contributed by atoms with Crippen LogP contribution in [-0.4, -0.2) is 57.6 Å². The molecule has 0 aliphatic rings. The smallest absolute Gasteiger partial charge is 0.243 e. The van der Waals surface area contributed by atoms with Crippen LogP contribution in [0.3, 0.4) is 0 Å². The summed E-state index contributed by atoms with van der Waals surface area (Å²) in [6.07, 6.45) is 1.87. The maximum atomic E-state index is 13.9. The van der Waals surface area contributed by atoms with Gasteiger partial charge in [0.1, 0.15) is 11.8 Å². The molecule has 2 amide bonds. The van der Waals surface area contributed by atoms with Gasteiger partial charge in [0.15, 0.2) is 0 Å². The summed E-state index contributed by atoms with van der Waals surface area (Å²) in [7, 11) is -1.96. The standard InChI is InChI=1S/C32H41N3O5S/c1-25(2)23-33-32(37)30(22-26-13-7-5-8-14-26)34(24-27-15-11-18-29(21-27)40-3)31(36)19-12-20-35(41(4,38)39)28-16-9-6-10-17-28/h5-11,13-18,21,25,30H,12,19-20,22-24H2,1-4H3,(H,33,37). The van der Waals surface area contributed by atoms with Gasteiger partial charge in [0.25, 0.3) is 0 Å². The van der Waals surface area contributed by atoms with E-state index in [1.807, 2.05) is 74.5 Å². The first-order chi connectivity index (χ1) is 19.6. The van der Waals surface area contributed by atoms with E-state index in [1.54, 1.807) is 36.3 Å². The lowest BCUT2D eigenvalue weighted by Gasteiger charge is -2.32. The number of benzene rings is 3. The number of sulfonamides is 1. The highest BCUT2D eigenvalue weighted by Gasteiger charge is 2.30. The van der Waals surface area contributed by atoms with E-state index in [2.05, 4.69) is 5.32 Å². The molecular formula is C32H41N3O5S. The average Bonchev–Trinajstić information content (AvgIpc) is 2.96. The van der Waals surface area contributed by atoms with E-state index in [4.69, 9.17) is 4.74 Å². The number of hydrogen-bond acceptors (Lipinski definition) is 5. The molecule has 9 heteroatoms. The van der Waals surface area contributed by atoms with Crippen molar-refractivity contribution in [2.75, 3.05) is 30.8 Å². The summed E-state index contributed by atoms with van der Waals surface area (Å²) >= 11 is 0. The third-order valence-corrected chi connectivity index (χ3v) is 7.83. The fraction of sp³-hybridized carbons (Fsp3) is 0.375. The number of amides is 2. The first-order valence-corrected chi connectivity index (χ1v) is 15.7. The molecule has 0 aliphatic carbocycles. The summed E-state index contributed by atoms with van der Waals surface area (Å²) in [6, 6.07) is 25.1. The molecule has 0 bridgehead atoms. The zero-order chi connectivity index (χ0) is 29.8. The predicted molar refractivity (Wildman–Crippen MR) is 163 cm³/mol. The van der Waals surface area contributed by atoms with Gasteiger partial charge in [-0.3, -0.25) is 13.9 Å². The zero-order valence-corrected chi connectivity index (χ0v) is 25.1. The van der Waals surface area contributed by atoms with Gasteiger partial charge >= 0.3 is 0 Å². The quantitative estimate of drug-likeness (QED) is 0.283. The van der Waals surface area contributed by atoms with Crippen molar-refractivity contribution in [3.05, 3.63) is 96.1 Å². The van der Waals surface area contributed by atoms with E-state index in [1.165, 1.54) is 4.31 Å². The number of para-hydroxylation sites is 1. The Labute approximate surface area is 244 Å². The van der Waals surface area contributed by atoms with Crippen LogP contribution in [0.5, 0.6) is 5.75 Å². The molecule has 0 fully saturated rings. The van der Waals surface area contributed by atoms with Crippen LogP contribution in [0.15, 0.2) is 84.9 Å². The number of rotatable bonds is 15. The molecule has 3 aromatic rings. The number of methoxy groups -OCH3 is 1. The molecule has 1 unspecified atom stereocenters. The van der Waals surface area contributed by atoms with Gasteiger partial charge in [0, 0.05) is 32.5 Å². The van der Waals surface area contributed by atoms with E-state index in [9.17, 15) is 18.0 Å². The molecule has 0 radical (unpaired) electrons. The molecular weight excluding hydrogens is 538 g/mol. The summed E-state index contributed by atoms with van der Waals surface area (Å²) in [5.41, 5.74) is 2.31. The first kappa shape index (κ1) is 31.7. The number of carbonyl (C=O) groups is 2. The largest absolute Gasteiger partial charge is 0.497 e. The Hall–Kier alpha value is -3.85. The van der Waals surface area contributed by atoms with Crippen molar-refractivity contribution in [3.8, 4) is 5.75 Å². The zero-order valence-electron chi connectivity index (χ0n) is 24.3. The molecule has 0 aromatic heterocycles. The first-order valence-electron chi connectivity index (χ1n) is 13.8. The Kier molecular flexibility index (Phi) is 11.8. The Morgan fingerprint density at radius 1 is 0.902 bits per heavy atom. The predicted octanol–water partition coefficient (Wildman–Crippen LogP) is 4.65. The lowest BCUT2D eigenvalue weighted by molar-refractivity contribution is -0.141. The van der Waals surface area contributed by atoms with Crippen molar-refractivity contribution in [1.29, 1.82) is 0 Å². The molecule has 8 nitrogen and oxygen atoms in total. The van der Waals surface area contributed by atoms with Crippen LogP contribution < -0.4 is 14.4 Å². The number of anilines is 1. The van der Waals surface area contributed by atoms with Crippen molar-refractivity contribution < 1.29 is 22.7 Å². The van der Waals surface area contributed by atoms with Gasteiger partial charge in [-0.1, -0.05) is 74.5 Å². The highest BCUT2D eigenvalue weighted by Crippen LogP contribution is 2.21. The highest BCUT2D eigenvalue weighted by atomic mass is 32.2. The second-order valence-corrected chi connectivity index (χ2v) is 12.4. The lowest BCUT2D eigenvalue weighted by atomic mass is 10.0. The van der Waals surface area contributed by atoms with Crippen LogP contribution in [0, 0.1) is 5.92 Å². The average molecular weight is 580 g/mol. The topological polar surface area (TPSA) is 96.0 Å². The normalized spacial score (nSPS) is 12.0. The van der Waals surface area contributed by atoms with Gasteiger partial charge in [0.05, 0.1) is 19.1 Å². The molecule has 3 aromatic carbocycles. The van der Waals surface area contributed by atoms with Crippen LogP contribution in [0.1, 0.15) is 37.8 Å². The molecule has 0 saturated heterocycles. The fourth-order valence-corrected chi connectivity index (χ4v) is 5.51. The molecule has 0 aliphatic heterocycles. The van der Waals surface area contributed by atoms with Gasteiger partial charge in [0.2, 0.25) is 21.8 Å². The maximum Gasteiger partial charge on any atom is 0.243 e.